The Labute approximate surface area is 166 Å². The number of hydrogen-bond acceptors (Lipinski definition) is 7. The lowest BCUT2D eigenvalue weighted by Crippen LogP contribution is -2.55. The van der Waals surface area contributed by atoms with Crippen LogP contribution in [0.4, 0.5) is 5.69 Å². The predicted octanol–water partition coefficient (Wildman–Crippen LogP) is 1.37. The zero-order valence-corrected chi connectivity index (χ0v) is 15.6. The maximum absolute atomic E-state index is 12.3. The molecule has 4 rings (SSSR count). The van der Waals surface area contributed by atoms with Crippen molar-refractivity contribution in [3.63, 3.8) is 0 Å². The topological polar surface area (TPSA) is 108 Å². The van der Waals surface area contributed by atoms with Gasteiger partial charge in [0.2, 0.25) is 5.91 Å². The molecule has 2 heterocycles. The number of carbonyl (C=O) groups is 2. The quantitative estimate of drug-likeness (QED) is 0.594. The van der Waals surface area contributed by atoms with Crippen molar-refractivity contribution in [2.45, 2.75) is 12.5 Å². The number of para-hydroxylation sites is 1. The first-order valence-corrected chi connectivity index (χ1v) is 8.91. The molecular formula is C20H18N6O3. The number of aliphatic imine (C=N–C) groups is 1. The molecule has 1 unspecified atom stereocenters. The molecule has 0 aromatic heterocycles. The number of hydrazone groups is 2. The Morgan fingerprint density at radius 3 is 2.86 bits per heavy atom. The van der Waals surface area contributed by atoms with Crippen LogP contribution in [0, 0.1) is 0 Å². The van der Waals surface area contributed by atoms with Crippen LogP contribution in [0.1, 0.15) is 17.5 Å². The van der Waals surface area contributed by atoms with Crippen molar-refractivity contribution in [1.29, 1.82) is 0 Å². The van der Waals surface area contributed by atoms with E-state index >= 15 is 0 Å². The minimum absolute atomic E-state index is 0.0982. The molecule has 0 saturated carbocycles. The molecule has 0 fully saturated rings. The van der Waals surface area contributed by atoms with Crippen molar-refractivity contribution in [3.05, 3.63) is 59.7 Å². The van der Waals surface area contributed by atoms with E-state index in [4.69, 9.17) is 4.74 Å². The molecule has 0 aliphatic carbocycles. The largest absolute Gasteiger partial charge is 0.497 e. The van der Waals surface area contributed by atoms with Gasteiger partial charge in [-0.15, -0.1) is 0 Å². The summed E-state index contributed by atoms with van der Waals surface area (Å²) in [4.78, 5) is 30.6. The highest BCUT2D eigenvalue weighted by molar-refractivity contribution is 6.14. The Morgan fingerprint density at radius 1 is 1.28 bits per heavy atom. The van der Waals surface area contributed by atoms with E-state index in [1.807, 2.05) is 36.4 Å². The lowest BCUT2D eigenvalue weighted by Gasteiger charge is -2.34. The van der Waals surface area contributed by atoms with Crippen LogP contribution in [0.25, 0.3) is 0 Å². The molecule has 29 heavy (non-hydrogen) atoms. The van der Waals surface area contributed by atoms with Crippen LogP contribution in [0.15, 0.2) is 63.7 Å². The van der Waals surface area contributed by atoms with E-state index < -0.39 is 11.9 Å². The number of hydrogen-bond donors (Lipinski definition) is 2. The van der Waals surface area contributed by atoms with Crippen LogP contribution in [0.5, 0.6) is 5.75 Å². The fraction of sp³-hybridized carbons (Fsp3) is 0.150. The molecule has 2 aliphatic rings. The van der Waals surface area contributed by atoms with Crippen molar-refractivity contribution in [3.8, 4) is 5.75 Å². The summed E-state index contributed by atoms with van der Waals surface area (Å²) >= 11 is 0. The molecule has 2 amide bonds. The number of ether oxygens (including phenoxy) is 1. The lowest BCUT2D eigenvalue weighted by atomic mass is 10.1. The van der Waals surface area contributed by atoms with Gasteiger partial charge in [0.05, 0.1) is 31.8 Å². The van der Waals surface area contributed by atoms with Crippen LogP contribution in [-0.4, -0.2) is 48.3 Å². The molecule has 0 radical (unpaired) electrons. The summed E-state index contributed by atoms with van der Waals surface area (Å²) < 4.78 is 5.09. The normalized spacial score (nSPS) is 17.3. The Morgan fingerprint density at radius 2 is 2.07 bits per heavy atom. The second-order valence-corrected chi connectivity index (χ2v) is 6.37. The average Bonchev–Trinajstić information content (AvgIpc) is 2.76. The Bertz CT molecular complexity index is 1030. The highest BCUT2D eigenvalue weighted by atomic mass is 16.5. The van der Waals surface area contributed by atoms with Gasteiger partial charge in [0.15, 0.2) is 5.84 Å². The fourth-order valence-electron chi connectivity index (χ4n) is 3.03. The van der Waals surface area contributed by atoms with E-state index in [-0.39, 0.29) is 12.3 Å². The van der Waals surface area contributed by atoms with E-state index in [1.54, 1.807) is 24.1 Å². The molecule has 146 valence electrons. The SMILES string of the molecule is COc1ccc(/C=N/NC(=O)CC2C(=O)NN=C3c4ccccc4N=CN32)cc1. The van der Waals surface area contributed by atoms with Crippen molar-refractivity contribution in [1.82, 2.24) is 15.8 Å². The Kier molecular flexibility index (Phi) is 5.02. The van der Waals surface area contributed by atoms with Crippen molar-refractivity contribution in [2.75, 3.05) is 7.11 Å². The van der Waals surface area contributed by atoms with Gasteiger partial charge in [0.25, 0.3) is 5.91 Å². The van der Waals surface area contributed by atoms with E-state index in [2.05, 4.69) is 26.0 Å². The zero-order chi connectivity index (χ0) is 20.2. The Balaban J connectivity index is 1.42. The van der Waals surface area contributed by atoms with E-state index in [0.29, 0.717) is 5.84 Å². The molecule has 0 bridgehead atoms. The second-order valence-electron chi connectivity index (χ2n) is 6.37. The van der Waals surface area contributed by atoms with Gasteiger partial charge in [-0.2, -0.15) is 10.2 Å². The molecule has 2 aliphatic heterocycles. The zero-order valence-electron chi connectivity index (χ0n) is 15.6. The molecule has 2 N–H and O–H groups in total. The maximum Gasteiger partial charge on any atom is 0.263 e. The van der Waals surface area contributed by atoms with Gasteiger partial charge in [0, 0.05) is 5.56 Å². The third-order valence-corrected chi connectivity index (χ3v) is 4.52. The van der Waals surface area contributed by atoms with Gasteiger partial charge in [-0.25, -0.2) is 15.8 Å². The lowest BCUT2D eigenvalue weighted by molar-refractivity contribution is -0.130. The number of fused-ring (bicyclic) bond motifs is 3. The van der Waals surface area contributed by atoms with Gasteiger partial charge >= 0.3 is 0 Å². The number of benzene rings is 2. The maximum atomic E-state index is 12.3. The molecule has 0 spiro atoms. The number of methoxy groups -OCH3 is 1. The summed E-state index contributed by atoms with van der Waals surface area (Å²) in [5.74, 6) is 0.503. The number of nitrogens with zero attached hydrogens (tertiary/aromatic N) is 4. The van der Waals surface area contributed by atoms with Crippen LogP contribution in [0.3, 0.4) is 0 Å². The van der Waals surface area contributed by atoms with Gasteiger partial charge in [-0.05, 0) is 42.0 Å². The van der Waals surface area contributed by atoms with Crippen LogP contribution < -0.4 is 15.6 Å². The first-order chi connectivity index (χ1) is 14.2. The average molecular weight is 390 g/mol. The summed E-state index contributed by atoms with van der Waals surface area (Å²) in [5.41, 5.74) is 7.28. The summed E-state index contributed by atoms with van der Waals surface area (Å²) in [6.07, 6.45) is 2.95. The minimum Gasteiger partial charge on any atom is -0.497 e. The van der Waals surface area contributed by atoms with Gasteiger partial charge in [0.1, 0.15) is 11.8 Å². The standard InChI is InChI=1S/C20H18N6O3/c1-29-14-8-6-13(7-9-14)11-22-23-18(27)10-17-20(28)25-24-19-15-4-2-3-5-16(15)21-12-26(17)19/h2-9,11-12,17H,10H2,1H3,(H,23,27)(H,25,28)/b22-11+. The molecule has 1 atom stereocenters. The smallest absolute Gasteiger partial charge is 0.263 e. The highest BCUT2D eigenvalue weighted by Gasteiger charge is 2.36. The van der Waals surface area contributed by atoms with E-state index in [1.165, 1.54) is 12.6 Å². The van der Waals surface area contributed by atoms with Crippen molar-refractivity contribution in [2.24, 2.45) is 15.2 Å². The molecule has 2 aromatic carbocycles. The van der Waals surface area contributed by atoms with Crippen molar-refractivity contribution >= 4 is 35.9 Å². The number of rotatable bonds is 5. The number of amides is 2. The van der Waals surface area contributed by atoms with Crippen LogP contribution in [0.2, 0.25) is 0 Å². The number of amidine groups is 1. The summed E-state index contributed by atoms with van der Waals surface area (Å²) in [7, 11) is 1.59. The monoisotopic (exact) mass is 390 g/mol. The van der Waals surface area contributed by atoms with Gasteiger partial charge in [-0.3, -0.25) is 9.59 Å². The highest BCUT2D eigenvalue weighted by Crippen LogP contribution is 2.27. The predicted molar refractivity (Wildman–Crippen MR) is 108 cm³/mol. The molecule has 9 nitrogen and oxygen atoms in total. The van der Waals surface area contributed by atoms with Crippen LogP contribution in [-0.2, 0) is 9.59 Å². The van der Waals surface area contributed by atoms with E-state index in [0.717, 1.165) is 22.6 Å². The molecular weight excluding hydrogens is 372 g/mol. The molecule has 0 saturated heterocycles. The van der Waals surface area contributed by atoms with Gasteiger partial charge in [-0.1, -0.05) is 12.1 Å². The first kappa shape index (κ1) is 18.4. The summed E-state index contributed by atoms with van der Waals surface area (Å²) in [6, 6.07) is 13.9. The van der Waals surface area contributed by atoms with E-state index in [9.17, 15) is 9.59 Å². The third kappa shape index (κ3) is 3.84. The summed E-state index contributed by atoms with van der Waals surface area (Å²) in [6.45, 7) is 0. The molecule has 2 aromatic rings. The van der Waals surface area contributed by atoms with Gasteiger partial charge < -0.3 is 9.64 Å². The first-order valence-electron chi connectivity index (χ1n) is 8.91. The van der Waals surface area contributed by atoms with Crippen molar-refractivity contribution < 1.29 is 14.3 Å². The number of carbonyl (C=O) groups excluding carboxylic acids is 2. The summed E-state index contributed by atoms with van der Waals surface area (Å²) in [5, 5.41) is 8.08. The fourth-order valence-corrected chi connectivity index (χ4v) is 3.03. The number of nitrogens with one attached hydrogen (secondary N) is 2. The Hall–Kier alpha value is -4.01. The third-order valence-electron chi connectivity index (χ3n) is 4.52. The minimum atomic E-state index is -0.768. The van der Waals surface area contributed by atoms with Crippen LogP contribution >= 0.6 is 0 Å². The molecule has 9 heteroatoms. The second kappa shape index (κ2) is 7.93.